The number of amides is 2. The number of fused-ring (bicyclic) bond motifs is 6. The van der Waals surface area contributed by atoms with Crippen LogP contribution in [0.1, 0.15) is 17.5 Å². The van der Waals surface area contributed by atoms with Crippen LogP contribution in [0.4, 0.5) is 0 Å². The van der Waals surface area contributed by atoms with E-state index in [1.165, 1.54) is 6.21 Å². The molecule has 1 saturated heterocycles. The number of rotatable bonds is 6. The van der Waals surface area contributed by atoms with Gasteiger partial charge in [0, 0.05) is 0 Å². The molecule has 2 aromatic rings. The molecule has 1 saturated carbocycles. The van der Waals surface area contributed by atoms with Gasteiger partial charge in [0.05, 0.1) is 25.2 Å². The molecule has 2 fully saturated rings. The quantitative estimate of drug-likeness (QED) is 0.385. The Morgan fingerprint density at radius 2 is 1.76 bits per heavy atom. The number of hydrogen-bond acceptors (Lipinski definition) is 7. The summed E-state index contributed by atoms with van der Waals surface area (Å²) >= 11 is 0. The van der Waals surface area contributed by atoms with Gasteiger partial charge in [0.15, 0.2) is 23.0 Å². The third kappa shape index (κ3) is 3.25. The Morgan fingerprint density at radius 3 is 2.52 bits per heavy atom. The molecule has 2 aromatic carbocycles. The number of methoxy groups -OCH3 is 1. The zero-order valence-electron chi connectivity index (χ0n) is 18.0. The van der Waals surface area contributed by atoms with Crippen LogP contribution in [0.2, 0.25) is 0 Å². The fourth-order valence-corrected chi connectivity index (χ4v) is 5.20. The van der Waals surface area contributed by atoms with E-state index in [-0.39, 0.29) is 42.3 Å². The number of nitrogens with zero attached hydrogens (tertiary/aromatic N) is 2. The van der Waals surface area contributed by atoms with Gasteiger partial charge in [-0.2, -0.15) is 10.1 Å². The van der Waals surface area contributed by atoms with Gasteiger partial charge in [-0.3, -0.25) is 9.59 Å². The number of hydrogen-bond donors (Lipinski definition) is 0. The maximum atomic E-state index is 12.8. The van der Waals surface area contributed by atoms with Crippen LogP contribution in [0.5, 0.6) is 23.0 Å². The second-order valence-corrected chi connectivity index (χ2v) is 8.62. The Kier molecular flexibility index (Phi) is 4.60. The maximum Gasteiger partial charge on any atom is 0.254 e. The van der Waals surface area contributed by atoms with E-state index in [1.54, 1.807) is 25.3 Å². The molecule has 0 N–H and O–H groups in total. The molecule has 6 rings (SSSR count). The van der Waals surface area contributed by atoms with Crippen LogP contribution in [0.25, 0.3) is 0 Å². The molecule has 4 atom stereocenters. The van der Waals surface area contributed by atoms with Gasteiger partial charge in [-0.05, 0) is 59.7 Å². The van der Waals surface area contributed by atoms with Crippen molar-refractivity contribution in [3.63, 3.8) is 0 Å². The van der Waals surface area contributed by atoms with Crippen molar-refractivity contribution in [1.82, 2.24) is 5.01 Å². The third-order valence-corrected chi connectivity index (χ3v) is 6.79. The molecule has 2 amide bonds. The molecule has 4 aliphatic rings. The minimum absolute atomic E-state index is 0.165. The number of benzene rings is 2. The van der Waals surface area contributed by atoms with Crippen LogP contribution in [-0.2, 0) is 16.2 Å². The molecular weight excluding hydrogens is 424 g/mol. The van der Waals surface area contributed by atoms with E-state index in [9.17, 15) is 9.59 Å². The minimum Gasteiger partial charge on any atom is -0.493 e. The first-order chi connectivity index (χ1) is 16.1. The highest BCUT2D eigenvalue weighted by Gasteiger charge is 2.59. The molecule has 0 spiro atoms. The highest BCUT2D eigenvalue weighted by atomic mass is 16.7. The lowest BCUT2D eigenvalue weighted by Crippen LogP contribution is -2.28. The van der Waals surface area contributed by atoms with Crippen LogP contribution in [-0.4, -0.2) is 36.9 Å². The highest BCUT2D eigenvalue weighted by Crippen LogP contribution is 2.52. The van der Waals surface area contributed by atoms with Crippen molar-refractivity contribution in [2.45, 2.75) is 13.0 Å². The van der Waals surface area contributed by atoms with Gasteiger partial charge in [-0.1, -0.05) is 18.2 Å². The summed E-state index contributed by atoms with van der Waals surface area (Å²) in [4.78, 5) is 25.5. The first-order valence-electron chi connectivity index (χ1n) is 10.9. The van der Waals surface area contributed by atoms with Gasteiger partial charge in [-0.25, -0.2) is 0 Å². The minimum atomic E-state index is -0.258. The molecule has 33 heavy (non-hydrogen) atoms. The molecule has 0 aromatic heterocycles. The van der Waals surface area contributed by atoms with E-state index in [2.05, 4.69) is 17.3 Å². The smallest absolute Gasteiger partial charge is 0.254 e. The van der Waals surface area contributed by atoms with Gasteiger partial charge >= 0.3 is 0 Å². The Labute approximate surface area is 190 Å². The summed E-state index contributed by atoms with van der Waals surface area (Å²) in [6, 6.07) is 11.0. The fourth-order valence-electron chi connectivity index (χ4n) is 5.20. The predicted molar refractivity (Wildman–Crippen MR) is 117 cm³/mol. The number of carbonyl (C=O) groups is 2. The summed E-state index contributed by atoms with van der Waals surface area (Å²) < 4.78 is 22.1. The predicted octanol–water partition coefficient (Wildman–Crippen LogP) is 3.14. The molecule has 8 heteroatoms. The lowest BCUT2D eigenvalue weighted by molar-refractivity contribution is -0.140. The van der Waals surface area contributed by atoms with Crippen molar-refractivity contribution < 1.29 is 28.5 Å². The fraction of sp³-hybridized carbons (Fsp3) is 0.320. The van der Waals surface area contributed by atoms with E-state index in [1.807, 2.05) is 18.2 Å². The SMILES string of the molecule is COc1cc(C=NN2C(=O)[C@@H]3[C@H](C2=O)[C@H]2C=C[C@H]3C2)ccc1OCc1ccc2c(c1)OCO2. The Hall–Kier alpha value is -3.81. The second-order valence-electron chi connectivity index (χ2n) is 8.62. The number of carbonyl (C=O) groups excluding carboxylic acids is 2. The van der Waals surface area contributed by atoms with Gasteiger partial charge < -0.3 is 18.9 Å². The lowest BCUT2D eigenvalue weighted by atomic mass is 9.85. The normalized spacial score (nSPS) is 26.5. The Bertz CT molecular complexity index is 1180. The van der Waals surface area contributed by atoms with E-state index in [0.29, 0.717) is 29.4 Å². The summed E-state index contributed by atoms with van der Waals surface area (Å²) in [7, 11) is 1.56. The molecule has 2 aliphatic heterocycles. The van der Waals surface area contributed by atoms with Crippen molar-refractivity contribution in [3.05, 3.63) is 59.7 Å². The van der Waals surface area contributed by atoms with Crippen molar-refractivity contribution in [1.29, 1.82) is 0 Å². The van der Waals surface area contributed by atoms with Crippen LogP contribution in [0, 0.1) is 23.7 Å². The Balaban J connectivity index is 1.15. The average molecular weight is 446 g/mol. The van der Waals surface area contributed by atoms with Crippen molar-refractivity contribution in [3.8, 4) is 23.0 Å². The average Bonchev–Trinajstić information content (AvgIpc) is 3.61. The van der Waals surface area contributed by atoms with Crippen LogP contribution >= 0.6 is 0 Å². The zero-order chi connectivity index (χ0) is 22.5. The summed E-state index contributed by atoms with van der Waals surface area (Å²) in [5, 5.41) is 5.27. The van der Waals surface area contributed by atoms with E-state index < -0.39 is 0 Å². The lowest BCUT2D eigenvalue weighted by Gasteiger charge is -2.13. The summed E-state index contributed by atoms with van der Waals surface area (Å²) in [5.41, 5.74) is 1.63. The van der Waals surface area contributed by atoms with Crippen molar-refractivity contribution in [2.24, 2.45) is 28.8 Å². The number of allylic oxidation sites excluding steroid dienone is 2. The van der Waals surface area contributed by atoms with Gasteiger partial charge in [0.2, 0.25) is 6.79 Å². The van der Waals surface area contributed by atoms with Crippen molar-refractivity contribution in [2.75, 3.05) is 13.9 Å². The molecular formula is C25H22N2O6. The first-order valence-corrected chi connectivity index (χ1v) is 10.9. The van der Waals surface area contributed by atoms with Gasteiger partial charge in [0.1, 0.15) is 6.61 Å². The monoisotopic (exact) mass is 446 g/mol. The summed E-state index contributed by atoms with van der Waals surface area (Å²) in [6.45, 7) is 0.556. The molecule has 2 heterocycles. The maximum absolute atomic E-state index is 12.8. The molecule has 0 unspecified atom stereocenters. The van der Waals surface area contributed by atoms with Crippen LogP contribution in [0.3, 0.4) is 0 Å². The highest BCUT2D eigenvalue weighted by molar-refractivity contribution is 6.06. The van der Waals surface area contributed by atoms with Crippen LogP contribution < -0.4 is 18.9 Å². The van der Waals surface area contributed by atoms with Gasteiger partial charge in [0.25, 0.3) is 11.8 Å². The third-order valence-electron chi connectivity index (χ3n) is 6.79. The number of imide groups is 1. The molecule has 0 radical (unpaired) electrons. The topological polar surface area (TPSA) is 86.7 Å². The molecule has 8 nitrogen and oxygen atoms in total. The summed E-state index contributed by atoms with van der Waals surface area (Å²) in [6.07, 6.45) is 6.54. The zero-order valence-corrected chi connectivity index (χ0v) is 18.0. The van der Waals surface area contributed by atoms with Gasteiger partial charge in [-0.15, -0.1) is 0 Å². The van der Waals surface area contributed by atoms with E-state index >= 15 is 0 Å². The Morgan fingerprint density at radius 1 is 1.00 bits per heavy atom. The first kappa shape index (κ1) is 19.8. The molecule has 2 bridgehead atoms. The summed E-state index contributed by atoms with van der Waals surface area (Å²) in [5.74, 6) is 1.93. The largest absolute Gasteiger partial charge is 0.493 e. The van der Waals surface area contributed by atoms with E-state index in [0.717, 1.165) is 22.7 Å². The standard InChI is InChI=1S/C25H22N2O6/c1-30-20-8-14(2-6-18(20)31-12-15-3-7-19-21(9-15)33-13-32-19)11-26-27-24(28)22-16-4-5-17(10-16)23(22)25(27)29/h2-9,11,16-17,22-23H,10,12-13H2,1H3/t16-,17-,22-,23+/m0/s1. The van der Waals surface area contributed by atoms with Crippen molar-refractivity contribution >= 4 is 18.0 Å². The van der Waals surface area contributed by atoms with E-state index in [4.69, 9.17) is 18.9 Å². The molecule has 168 valence electrons. The number of ether oxygens (including phenoxy) is 4. The number of hydrazone groups is 1. The molecule has 2 aliphatic carbocycles. The second kappa shape index (κ2) is 7.65. The van der Waals surface area contributed by atoms with Crippen LogP contribution in [0.15, 0.2) is 53.7 Å².